The standard InChI is InChI=1S/C27H28FN5O4/c28-27(14-19-5-2-1-3-6-19)10-12-32(24(15-27)37-26(36)25(34)35)11-4-7-20-16-29-23-9-8-21(13-22(20)23)33-17-30-31-18-33/h1-3,5-6,8-9,13,16-18,24,29H,4,7,10-12,14-15H2,(H,34,35). The average molecular weight is 506 g/mol. The van der Waals surface area contributed by atoms with Crippen LogP contribution in [0, 0.1) is 0 Å². The number of aryl methyl sites for hydroxylation is 1. The molecule has 10 heteroatoms. The van der Waals surface area contributed by atoms with Gasteiger partial charge in [-0.15, -0.1) is 10.2 Å². The molecule has 0 spiro atoms. The summed E-state index contributed by atoms with van der Waals surface area (Å²) in [6.07, 6.45) is 6.19. The molecule has 1 aliphatic heterocycles. The lowest BCUT2D eigenvalue weighted by Gasteiger charge is -2.41. The van der Waals surface area contributed by atoms with Crippen LogP contribution in [0.4, 0.5) is 4.39 Å². The molecule has 0 radical (unpaired) electrons. The number of benzene rings is 2. The molecule has 2 N–H and O–H groups in total. The van der Waals surface area contributed by atoms with Crippen LogP contribution in [0.2, 0.25) is 0 Å². The summed E-state index contributed by atoms with van der Waals surface area (Å²) in [6, 6.07) is 15.4. The second-order valence-corrected chi connectivity index (χ2v) is 9.48. The predicted molar refractivity (Wildman–Crippen MR) is 134 cm³/mol. The number of carboxylic acid groups (broad SMARTS) is 1. The molecule has 5 rings (SSSR count). The van der Waals surface area contributed by atoms with E-state index in [4.69, 9.17) is 9.84 Å². The summed E-state index contributed by atoms with van der Waals surface area (Å²) < 4.78 is 22.9. The second-order valence-electron chi connectivity index (χ2n) is 9.48. The van der Waals surface area contributed by atoms with E-state index in [1.165, 1.54) is 0 Å². The van der Waals surface area contributed by atoms with Gasteiger partial charge in [0, 0.05) is 48.7 Å². The number of ether oxygens (including phenoxy) is 1. The number of hydrogen-bond donors (Lipinski definition) is 2. The Bertz CT molecular complexity index is 1370. The zero-order chi connectivity index (χ0) is 25.8. The van der Waals surface area contributed by atoms with Gasteiger partial charge >= 0.3 is 11.9 Å². The number of nitrogens with one attached hydrogen (secondary N) is 1. The molecule has 0 bridgehead atoms. The van der Waals surface area contributed by atoms with Crippen LogP contribution in [0.3, 0.4) is 0 Å². The van der Waals surface area contributed by atoms with Crippen LogP contribution in [0.5, 0.6) is 0 Å². The maximum absolute atomic E-state index is 15.8. The number of hydrogen-bond acceptors (Lipinski definition) is 6. The Balaban J connectivity index is 1.26. The number of esters is 1. The number of alkyl halides is 1. The molecule has 1 saturated heterocycles. The van der Waals surface area contributed by atoms with Gasteiger partial charge in [-0.3, -0.25) is 9.47 Å². The van der Waals surface area contributed by atoms with Crippen molar-refractivity contribution in [2.75, 3.05) is 13.1 Å². The van der Waals surface area contributed by atoms with E-state index >= 15 is 4.39 Å². The Morgan fingerprint density at radius 3 is 2.70 bits per heavy atom. The number of aliphatic carboxylic acids is 1. The second kappa shape index (κ2) is 10.5. The maximum atomic E-state index is 15.8. The Kier molecular flexibility index (Phi) is 7.00. The van der Waals surface area contributed by atoms with Crippen LogP contribution in [-0.4, -0.2) is 66.7 Å². The molecule has 37 heavy (non-hydrogen) atoms. The van der Waals surface area contributed by atoms with Crippen LogP contribution in [0.1, 0.15) is 30.4 Å². The minimum absolute atomic E-state index is 0.0731. The molecule has 2 atom stereocenters. The summed E-state index contributed by atoms with van der Waals surface area (Å²) >= 11 is 0. The van der Waals surface area contributed by atoms with Gasteiger partial charge in [-0.1, -0.05) is 30.3 Å². The Hall–Kier alpha value is -4.05. The number of piperidine rings is 1. The van der Waals surface area contributed by atoms with Crippen LogP contribution < -0.4 is 0 Å². The Morgan fingerprint density at radius 2 is 1.95 bits per heavy atom. The molecule has 192 valence electrons. The fourth-order valence-corrected chi connectivity index (χ4v) is 5.04. The number of aromatic amines is 1. The molecule has 0 saturated carbocycles. The minimum Gasteiger partial charge on any atom is -0.473 e. The largest absolute Gasteiger partial charge is 0.473 e. The first-order valence-electron chi connectivity index (χ1n) is 12.3. The average Bonchev–Trinajstić information content (AvgIpc) is 3.56. The first-order chi connectivity index (χ1) is 17.9. The molecular weight excluding hydrogens is 477 g/mol. The van der Waals surface area contributed by atoms with Crippen molar-refractivity contribution in [1.82, 2.24) is 24.6 Å². The number of carbonyl (C=O) groups is 2. The van der Waals surface area contributed by atoms with E-state index in [9.17, 15) is 9.59 Å². The number of aromatic nitrogens is 4. The normalized spacial score (nSPS) is 20.2. The first-order valence-corrected chi connectivity index (χ1v) is 12.3. The lowest BCUT2D eigenvalue weighted by Crippen LogP contribution is -2.52. The topological polar surface area (TPSA) is 113 Å². The molecule has 2 unspecified atom stereocenters. The van der Waals surface area contributed by atoms with Gasteiger partial charge in [-0.2, -0.15) is 0 Å². The molecular formula is C27H28FN5O4. The lowest BCUT2D eigenvalue weighted by molar-refractivity contribution is -0.181. The molecule has 2 aromatic carbocycles. The first kappa shape index (κ1) is 24.6. The van der Waals surface area contributed by atoms with Crippen LogP contribution in [0.15, 0.2) is 67.4 Å². The highest BCUT2D eigenvalue weighted by atomic mass is 19.1. The Morgan fingerprint density at radius 1 is 1.16 bits per heavy atom. The Labute approximate surface area is 212 Å². The van der Waals surface area contributed by atoms with Crippen molar-refractivity contribution in [1.29, 1.82) is 0 Å². The van der Waals surface area contributed by atoms with E-state index in [0.717, 1.165) is 40.6 Å². The highest BCUT2D eigenvalue weighted by Gasteiger charge is 2.42. The molecule has 0 aliphatic carbocycles. The quantitative estimate of drug-likeness (QED) is 0.277. The van der Waals surface area contributed by atoms with E-state index in [2.05, 4.69) is 21.2 Å². The number of H-pyrrole nitrogens is 1. The van der Waals surface area contributed by atoms with Gasteiger partial charge in [0.25, 0.3) is 0 Å². The summed E-state index contributed by atoms with van der Waals surface area (Å²) in [7, 11) is 0. The molecule has 9 nitrogen and oxygen atoms in total. The number of likely N-dealkylation sites (tertiary alicyclic amines) is 1. The smallest absolute Gasteiger partial charge is 0.418 e. The van der Waals surface area contributed by atoms with Crippen LogP contribution >= 0.6 is 0 Å². The van der Waals surface area contributed by atoms with Crippen LogP contribution in [0.25, 0.3) is 16.6 Å². The van der Waals surface area contributed by atoms with Crippen molar-refractivity contribution in [3.05, 3.63) is 78.5 Å². The van der Waals surface area contributed by atoms with Crippen molar-refractivity contribution >= 4 is 22.8 Å². The van der Waals surface area contributed by atoms with Gasteiger partial charge in [0.15, 0.2) is 6.23 Å². The minimum atomic E-state index is -1.68. The van der Waals surface area contributed by atoms with Crippen molar-refractivity contribution in [2.24, 2.45) is 0 Å². The number of nitrogens with zero attached hydrogens (tertiary/aromatic N) is 4. The number of carbonyl (C=O) groups excluding carboxylic acids is 1. The number of rotatable bonds is 8. The number of fused-ring (bicyclic) bond motifs is 1. The summed E-state index contributed by atoms with van der Waals surface area (Å²) in [5, 5.41) is 17.9. The highest BCUT2D eigenvalue weighted by molar-refractivity contribution is 6.28. The number of carboxylic acids is 1. The summed E-state index contributed by atoms with van der Waals surface area (Å²) in [5.41, 5.74) is 2.36. The van der Waals surface area contributed by atoms with Gasteiger partial charge in [-0.25, -0.2) is 14.0 Å². The van der Waals surface area contributed by atoms with Crippen molar-refractivity contribution in [3.8, 4) is 5.69 Å². The van der Waals surface area contributed by atoms with E-state index < -0.39 is 23.8 Å². The zero-order valence-corrected chi connectivity index (χ0v) is 20.2. The summed E-state index contributed by atoms with van der Waals surface area (Å²) in [6.45, 7) is 0.906. The van der Waals surface area contributed by atoms with Gasteiger partial charge in [0.2, 0.25) is 0 Å². The van der Waals surface area contributed by atoms with E-state index in [0.29, 0.717) is 13.1 Å². The molecule has 1 aliphatic rings. The van der Waals surface area contributed by atoms with Crippen molar-refractivity contribution in [3.63, 3.8) is 0 Å². The van der Waals surface area contributed by atoms with Crippen LogP contribution in [-0.2, 0) is 27.2 Å². The third-order valence-corrected chi connectivity index (χ3v) is 6.94. The molecule has 1 fully saturated rings. The molecule has 3 heterocycles. The zero-order valence-electron chi connectivity index (χ0n) is 20.2. The fraction of sp³-hybridized carbons (Fsp3) is 0.333. The summed E-state index contributed by atoms with van der Waals surface area (Å²) in [4.78, 5) is 28.2. The lowest BCUT2D eigenvalue weighted by atomic mass is 9.86. The highest BCUT2D eigenvalue weighted by Crippen LogP contribution is 2.35. The number of halogens is 1. The maximum Gasteiger partial charge on any atom is 0.418 e. The van der Waals surface area contributed by atoms with E-state index in [1.54, 1.807) is 12.7 Å². The molecule has 2 aromatic heterocycles. The monoisotopic (exact) mass is 505 g/mol. The van der Waals surface area contributed by atoms with Gasteiger partial charge in [-0.05, 0) is 48.6 Å². The predicted octanol–water partition coefficient (Wildman–Crippen LogP) is 3.68. The van der Waals surface area contributed by atoms with Gasteiger partial charge < -0.3 is 14.8 Å². The SMILES string of the molecule is O=C(O)C(=O)OC1CC(F)(Cc2ccccc2)CCN1CCCc1c[nH]c2ccc(-n3cnnc3)cc12. The fourth-order valence-electron chi connectivity index (χ4n) is 5.04. The summed E-state index contributed by atoms with van der Waals surface area (Å²) in [5.74, 6) is -3.04. The third kappa shape index (κ3) is 5.69. The van der Waals surface area contributed by atoms with Gasteiger partial charge in [0.1, 0.15) is 18.3 Å². The van der Waals surface area contributed by atoms with E-state index in [-0.39, 0.29) is 19.3 Å². The third-order valence-electron chi connectivity index (χ3n) is 6.94. The van der Waals surface area contributed by atoms with Gasteiger partial charge in [0.05, 0.1) is 0 Å². The van der Waals surface area contributed by atoms with E-state index in [1.807, 2.05) is 58.1 Å². The van der Waals surface area contributed by atoms with Crippen molar-refractivity contribution < 1.29 is 23.8 Å². The molecule has 0 amide bonds. The van der Waals surface area contributed by atoms with Crippen molar-refractivity contribution in [2.45, 2.75) is 44.0 Å². The molecule has 4 aromatic rings.